The highest BCUT2D eigenvalue weighted by molar-refractivity contribution is 9.10. The Morgan fingerprint density at radius 2 is 1.87 bits per heavy atom. The number of carboxylic acid groups (broad SMARTS) is 1. The molecule has 0 amide bonds. The van der Waals surface area contributed by atoms with Crippen LogP contribution in [0, 0.1) is 0 Å². The Bertz CT molecular complexity index is 375. The predicted octanol–water partition coefficient (Wildman–Crippen LogP) is 1.43. The summed E-state index contributed by atoms with van der Waals surface area (Å²) in [7, 11) is 0. The molecule has 15 heavy (non-hydrogen) atoms. The van der Waals surface area contributed by atoms with Crippen molar-refractivity contribution in [3.05, 3.63) is 34.3 Å². The van der Waals surface area contributed by atoms with Crippen LogP contribution in [-0.2, 0) is 4.79 Å². The summed E-state index contributed by atoms with van der Waals surface area (Å²) in [6, 6.07) is 5.56. The second-order valence-corrected chi connectivity index (χ2v) is 3.99. The first-order valence-corrected chi connectivity index (χ1v) is 5.07. The van der Waals surface area contributed by atoms with Gasteiger partial charge < -0.3 is 10.8 Å². The fraction of sp³-hybridized carbons (Fsp3) is 0.200. The summed E-state index contributed by atoms with van der Waals surface area (Å²) in [5, 5.41) is 8.54. The highest BCUT2D eigenvalue weighted by Crippen LogP contribution is 2.12. The molecule has 4 nitrogen and oxygen atoms in total. The highest BCUT2D eigenvalue weighted by Gasteiger charge is 2.17. The van der Waals surface area contributed by atoms with Crippen LogP contribution >= 0.6 is 15.9 Å². The number of ketones is 1. The Morgan fingerprint density at radius 3 is 2.33 bits per heavy atom. The number of carboxylic acids is 1. The number of nitrogens with two attached hydrogens (primary N) is 1. The van der Waals surface area contributed by atoms with Crippen molar-refractivity contribution in [1.29, 1.82) is 0 Å². The molecule has 5 heteroatoms. The van der Waals surface area contributed by atoms with Crippen molar-refractivity contribution in [2.45, 2.75) is 12.5 Å². The van der Waals surface area contributed by atoms with Crippen molar-refractivity contribution < 1.29 is 14.7 Å². The zero-order chi connectivity index (χ0) is 11.4. The molecule has 0 fully saturated rings. The number of hydrogen-bond donors (Lipinski definition) is 2. The zero-order valence-corrected chi connectivity index (χ0v) is 9.40. The maximum atomic E-state index is 11.5. The lowest BCUT2D eigenvalue weighted by molar-refractivity contribution is -0.138. The van der Waals surface area contributed by atoms with Gasteiger partial charge in [0, 0.05) is 16.5 Å². The molecule has 1 rings (SSSR count). The van der Waals surface area contributed by atoms with Gasteiger partial charge in [-0.25, -0.2) is 0 Å². The lowest BCUT2D eigenvalue weighted by Crippen LogP contribution is -2.32. The van der Waals surface area contributed by atoms with E-state index in [9.17, 15) is 9.59 Å². The molecule has 0 radical (unpaired) electrons. The highest BCUT2D eigenvalue weighted by atomic mass is 79.9. The van der Waals surface area contributed by atoms with Crippen molar-refractivity contribution in [3.8, 4) is 0 Å². The molecule has 0 saturated heterocycles. The van der Waals surface area contributed by atoms with E-state index < -0.39 is 12.0 Å². The maximum Gasteiger partial charge on any atom is 0.320 e. The largest absolute Gasteiger partial charge is 0.480 e. The van der Waals surface area contributed by atoms with E-state index in [0.717, 1.165) is 4.47 Å². The number of halogens is 1. The number of Topliss-reactive ketones (excluding diaryl/α,β-unsaturated/α-hetero) is 1. The summed E-state index contributed by atoms with van der Waals surface area (Å²) in [5.74, 6) is -1.43. The van der Waals surface area contributed by atoms with Crippen molar-refractivity contribution in [3.63, 3.8) is 0 Å². The molecule has 0 aliphatic carbocycles. The van der Waals surface area contributed by atoms with E-state index in [1.165, 1.54) is 0 Å². The van der Waals surface area contributed by atoms with E-state index >= 15 is 0 Å². The molecule has 0 aromatic heterocycles. The van der Waals surface area contributed by atoms with Gasteiger partial charge in [0.25, 0.3) is 0 Å². The molecule has 0 bridgehead atoms. The van der Waals surface area contributed by atoms with Gasteiger partial charge in [-0.05, 0) is 12.1 Å². The molecular formula is C10H10BrNO3. The number of carbonyl (C=O) groups excluding carboxylic acids is 1. The van der Waals surface area contributed by atoms with E-state index in [4.69, 9.17) is 10.8 Å². The molecule has 3 N–H and O–H groups in total. The Kier molecular flexibility index (Phi) is 3.99. The molecule has 0 aliphatic heterocycles. The molecule has 1 aromatic carbocycles. The Morgan fingerprint density at radius 1 is 1.33 bits per heavy atom. The summed E-state index contributed by atoms with van der Waals surface area (Å²) >= 11 is 3.24. The van der Waals surface area contributed by atoms with Crippen molar-refractivity contribution in [1.82, 2.24) is 0 Å². The molecular weight excluding hydrogens is 262 g/mol. The van der Waals surface area contributed by atoms with Crippen LogP contribution in [0.4, 0.5) is 0 Å². The van der Waals surface area contributed by atoms with Crippen LogP contribution in [0.1, 0.15) is 16.8 Å². The predicted molar refractivity (Wildman–Crippen MR) is 58.7 cm³/mol. The fourth-order valence-corrected chi connectivity index (χ4v) is 1.31. The van der Waals surface area contributed by atoms with Crippen molar-refractivity contribution >= 4 is 27.7 Å². The van der Waals surface area contributed by atoms with Gasteiger partial charge in [-0.2, -0.15) is 0 Å². The van der Waals surface area contributed by atoms with Crippen molar-refractivity contribution in [2.75, 3.05) is 0 Å². The summed E-state index contributed by atoms with van der Waals surface area (Å²) in [6.45, 7) is 0. The second-order valence-electron chi connectivity index (χ2n) is 3.08. The summed E-state index contributed by atoms with van der Waals surface area (Å²) in [5.41, 5.74) is 5.72. The molecule has 0 heterocycles. The third kappa shape index (κ3) is 3.45. The number of benzene rings is 1. The first-order valence-electron chi connectivity index (χ1n) is 4.28. The van der Waals surface area contributed by atoms with Gasteiger partial charge in [-0.1, -0.05) is 28.1 Å². The van der Waals surface area contributed by atoms with Gasteiger partial charge >= 0.3 is 5.97 Å². The maximum absolute atomic E-state index is 11.5. The van der Waals surface area contributed by atoms with Crippen LogP contribution in [0.15, 0.2) is 28.7 Å². The quantitative estimate of drug-likeness (QED) is 0.812. The molecule has 0 unspecified atom stereocenters. The van der Waals surface area contributed by atoms with E-state index in [1.54, 1.807) is 24.3 Å². The van der Waals surface area contributed by atoms with Gasteiger partial charge in [0.2, 0.25) is 0 Å². The average molecular weight is 272 g/mol. The third-order valence-electron chi connectivity index (χ3n) is 1.89. The summed E-state index contributed by atoms with van der Waals surface area (Å²) in [4.78, 5) is 21.9. The molecule has 1 aromatic rings. The monoisotopic (exact) mass is 271 g/mol. The molecule has 80 valence electrons. The van der Waals surface area contributed by atoms with Crippen LogP contribution < -0.4 is 5.73 Å². The van der Waals surface area contributed by atoms with Gasteiger partial charge in [0.05, 0.1) is 0 Å². The second kappa shape index (κ2) is 5.04. The van der Waals surface area contributed by atoms with Crippen LogP contribution in [0.3, 0.4) is 0 Å². The van der Waals surface area contributed by atoms with Gasteiger partial charge in [-0.15, -0.1) is 0 Å². The van der Waals surface area contributed by atoms with Crippen LogP contribution in [-0.4, -0.2) is 22.9 Å². The lowest BCUT2D eigenvalue weighted by Gasteiger charge is -2.05. The summed E-state index contributed by atoms with van der Waals surface area (Å²) in [6.07, 6.45) is -0.184. The van der Waals surface area contributed by atoms with E-state index in [0.29, 0.717) is 5.56 Å². The minimum Gasteiger partial charge on any atom is -0.480 e. The normalized spacial score (nSPS) is 12.1. The number of carbonyl (C=O) groups is 2. The molecule has 1 atom stereocenters. The molecule has 0 aliphatic rings. The lowest BCUT2D eigenvalue weighted by atomic mass is 10.0. The first kappa shape index (κ1) is 11.9. The van der Waals surface area contributed by atoms with Crippen LogP contribution in [0.25, 0.3) is 0 Å². The Hall–Kier alpha value is -1.20. The first-order chi connectivity index (χ1) is 7.00. The van der Waals surface area contributed by atoms with Crippen LogP contribution in [0.2, 0.25) is 0 Å². The topological polar surface area (TPSA) is 80.4 Å². The summed E-state index contributed by atoms with van der Waals surface area (Å²) < 4.78 is 0.863. The minimum atomic E-state index is -1.17. The van der Waals surface area contributed by atoms with Gasteiger partial charge in [0.1, 0.15) is 6.04 Å². The molecule has 0 saturated carbocycles. The Balaban J connectivity index is 2.69. The number of aliphatic carboxylic acids is 1. The van der Waals surface area contributed by atoms with E-state index in [1.807, 2.05) is 0 Å². The Labute approximate surface area is 95.2 Å². The number of hydrogen-bond acceptors (Lipinski definition) is 3. The van der Waals surface area contributed by atoms with Gasteiger partial charge in [-0.3, -0.25) is 9.59 Å². The smallest absolute Gasteiger partial charge is 0.320 e. The SMILES string of the molecule is N[C@H](CC(=O)c1ccc(Br)cc1)C(=O)O. The van der Waals surface area contributed by atoms with E-state index in [2.05, 4.69) is 15.9 Å². The standard InChI is InChI=1S/C10H10BrNO3/c11-7-3-1-6(2-4-7)9(13)5-8(12)10(14)15/h1-4,8H,5,12H2,(H,14,15)/t8-/m1/s1. The van der Waals surface area contributed by atoms with E-state index in [-0.39, 0.29) is 12.2 Å². The fourth-order valence-electron chi connectivity index (χ4n) is 1.04. The zero-order valence-electron chi connectivity index (χ0n) is 7.81. The van der Waals surface area contributed by atoms with Crippen molar-refractivity contribution in [2.24, 2.45) is 5.73 Å². The molecule has 0 spiro atoms. The van der Waals surface area contributed by atoms with Gasteiger partial charge in [0.15, 0.2) is 5.78 Å². The minimum absolute atomic E-state index is 0.184. The number of rotatable bonds is 4. The van der Waals surface area contributed by atoms with Crippen LogP contribution in [0.5, 0.6) is 0 Å². The average Bonchev–Trinajstić information content (AvgIpc) is 2.18. The third-order valence-corrected chi connectivity index (χ3v) is 2.42.